The lowest BCUT2D eigenvalue weighted by Crippen LogP contribution is -2.32. The molecule has 1 N–H and O–H groups in total. The van der Waals surface area contributed by atoms with Gasteiger partial charge in [0.25, 0.3) is 0 Å². The van der Waals surface area contributed by atoms with Gasteiger partial charge in [-0.25, -0.2) is 4.79 Å². The molecule has 0 aliphatic carbocycles. The smallest absolute Gasteiger partial charge is 0.321 e. The molecule has 2 rings (SSSR count). The molecule has 3 nitrogen and oxygen atoms in total. The first-order valence-corrected chi connectivity index (χ1v) is 5.45. The maximum atomic E-state index is 11.7. The first kappa shape index (κ1) is 10.3. The van der Waals surface area contributed by atoms with Crippen LogP contribution in [0.3, 0.4) is 0 Å². The largest absolute Gasteiger partial charge is 0.325 e. The van der Waals surface area contributed by atoms with Gasteiger partial charge in [0, 0.05) is 13.1 Å². The summed E-state index contributed by atoms with van der Waals surface area (Å²) in [5.41, 5.74) is 0.677. The molecule has 2 amide bonds. The lowest BCUT2D eigenvalue weighted by atomic mass is 10.3. The molecule has 1 saturated heterocycles. The van der Waals surface area contributed by atoms with Crippen molar-refractivity contribution in [1.29, 1.82) is 0 Å². The Hall–Kier alpha value is -1.22. The standard InChI is InChI=1S/C11H13ClN2O/c12-9-5-1-2-6-10(9)13-11(15)14-7-3-4-8-14/h1-2,5-6H,3-4,7-8H2,(H,13,15). The van der Waals surface area contributed by atoms with Crippen LogP contribution in [-0.2, 0) is 0 Å². The number of hydrogen-bond donors (Lipinski definition) is 1. The van der Waals surface area contributed by atoms with E-state index in [0.29, 0.717) is 10.7 Å². The van der Waals surface area contributed by atoms with Crippen molar-refractivity contribution >= 4 is 23.3 Å². The Morgan fingerprint density at radius 2 is 1.93 bits per heavy atom. The fourth-order valence-corrected chi connectivity index (χ4v) is 1.86. The minimum absolute atomic E-state index is 0.0550. The number of urea groups is 1. The molecule has 1 fully saturated rings. The summed E-state index contributed by atoms with van der Waals surface area (Å²) < 4.78 is 0. The summed E-state index contributed by atoms with van der Waals surface area (Å²) in [6.07, 6.45) is 2.19. The quantitative estimate of drug-likeness (QED) is 0.782. The van der Waals surface area contributed by atoms with Crippen LogP contribution >= 0.6 is 11.6 Å². The zero-order valence-corrected chi connectivity index (χ0v) is 9.13. The number of hydrogen-bond acceptors (Lipinski definition) is 1. The second kappa shape index (κ2) is 4.53. The van der Waals surface area contributed by atoms with Crippen molar-refractivity contribution < 1.29 is 4.79 Å². The third-order valence-electron chi connectivity index (χ3n) is 2.51. The van der Waals surface area contributed by atoms with Crippen molar-refractivity contribution in [3.63, 3.8) is 0 Å². The SMILES string of the molecule is O=C(Nc1ccccc1Cl)N1CCCC1. The highest BCUT2D eigenvalue weighted by atomic mass is 35.5. The summed E-state index contributed by atoms with van der Waals surface area (Å²) in [5.74, 6) is 0. The van der Waals surface area contributed by atoms with Gasteiger partial charge in [0.15, 0.2) is 0 Å². The van der Waals surface area contributed by atoms with Gasteiger partial charge in [0.05, 0.1) is 10.7 Å². The van der Waals surface area contributed by atoms with Gasteiger partial charge in [-0.1, -0.05) is 23.7 Å². The number of nitrogens with zero attached hydrogens (tertiary/aromatic N) is 1. The second-order valence-electron chi connectivity index (χ2n) is 3.60. The minimum atomic E-state index is -0.0550. The molecule has 0 saturated carbocycles. The van der Waals surface area contributed by atoms with Crippen LogP contribution in [-0.4, -0.2) is 24.0 Å². The summed E-state index contributed by atoms with van der Waals surface area (Å²) in [7, 11) is 0. The summed E-state index contributed by atoms with van der Waals surface area (Å²) >= 11 is 5.94. The fourth-order valence-electron chi connectivity index (χ4n) is 1.68. The van der Waals surface area contributed by atoms with E-state index >= 15 is 0 Å². The van der Waals surface area contributed by atoms with Crippen LogP contribution in [0.25, 0.3) is 0 Å². The normalized spacial score (nSPS) is 15.4. The maximum Gasteiger partial charge on any atom is 0.321 e. The molecule has 0 radical (unpaired) electrons. The molecule has 4 heteroatoms. The Morgan fingerprint density at radius 3 is 2.60 bits per heavy atom. The Labute approximate surface area is 94.0 Å². The average molecular weight is 225 g/mol. The number of carbonyl (C=O) groups is 1. The number of rotatable bonds is 1. The number of nitrogens with one attached hydrogen (secondary N) is 1. The zero-order valence-electron chi connectivity index (χ0n) is 8.37. The Balaban J connectivity index is 2.02. The van der Waals surface area contributed by atoms with E-state index in [1.807, 2.05) is 17.0 Å². The molecule has 0 spiro atoms. The van der Waals surface area contributed by atoms with E-state index in [0.717, 1.165) is 25.9 Å². The Morgan fingerprint density at radius 1 is 1.27 bits per heavy atom. The molecular weight excluding hydrogens is 212 g/mol. The molecule has 0 unspecified atom stereocenters. The lowest BCUT2D eigenvalue weighted by molar-refractivity contribution is 0.222. The van der Waals surface area contributed by atoms with E-state index in [2.05, 4.69) is 5.32 Å². The number of anilines is 1. The monoisotopic (exact) mass is 224 g/mol. The van der Waals surface area contributed by atoms with Crippen LogP contribution in [0.15, 0.2) is 24.3 Å². The molecule has 15 heavy (non-hydrogen) atoms. The first-order valence-electron chi connectivity index (χ1n) is 5.08. The summed E-state index contributed by atoms with van der Waals surface area (Å²) in [6.45, 7) is 1.69. The van der Waals surface area contributed by atoms with Crippen molar-refractivity contribution in [3.8, 4) is 0 Å². The van der Waals surface area contributed by atoms with Gasteiger partial charge in [-0.3, -0.25) is 0 Å². The molecule has 1 aliphatic rings. The van der Waals surface area contributed by atoms with Crippen LogP contribution in [0, 0.1) is 0 Å². The minimum Gasteiger partial charge on any atom is -0.325 e. The van der Waals surface area contributed by atoms with Gasteiger partial charge >= 0.3 is 6.03 Å². The third-order valence-corrected chi connectivity index (χ3v) is 2.84. The number of likely N-dealkylation sites (tertiary alicyclic amines) is 1. The van der Waals surface area contributed by atoms with Crippen molar-refractivity contribution in [2.45, 2.75) is 12.8 Å². The highest BCUT2D eigenvalue weighted by molar-refractivity contribution is 6.33. The number of carbonyl (C=O) groups excluding carboxylic acids is 1. The molecule has 1 aromatic rings. The van der Waals surface area contributed by atoms with Crippen LogP contribution in [0.5, 0.6) is 0 Å². The van der Waals surface area contributed by atoms with Crippen LogP contribution in [0.2, 0.25) is 5.02 Å². The molecular formula is C11H13ClN2O. The van der Waals surface area contributed by atoms with Crippen molar-refractivity contribution in [1.82, 2.24) is 4.90 Å². The van der Waals surface area contributed by atoms with Crippen molar-refractivity contribution in [3.05, 3.63) is 29.3 Å². The van der Waals surface area contributed by atoms with Crippen LogP contribution in [0.4, 0.5) is 10.5 Å². The number of halogens is 1. The van der Waals surface area contributed by atoms with Gasteiger partial charge < -0.3 is 10.2 Å². The second-order valence-corrected chi connectivity index (χ2v) is 4.01. The third kappa shape index (κ3) is 2.42. The topological polar surface area (TPSA) is 32.3 Å². The van der Waals surface area contributed by atoms with E-state index < -0.39 is 0 Å². The van der Waals surface area contributed by atoms with Gasteiger partial charge in [0.2, 0.25) is 0 Å². The van der Waals surface area contributed by atoms with E-state index in [4.69, 9.17) is 11.6 Å². The molecule has 0 atom stereocenters. The van der Waals surface area contributed by atoms with Gasteiger partial charge in [-0.2, -0.15) is 0 Å². The first-order chi connectivity index (χ1) is 7.27. The predicted molar refractivity (Wildman–Crippen MR) is 61.3 cm³/mol. The maximum absolute atomic E-state index is 11.7. The summed E-state index contributed by atoms with van der Waals surface area (Å²) in [4.78, 5) is 13.5. The van der Waals surface area contributed by atoms with Gasteiger partial charge in [-0.05, 0) is 25.0 Å². The molecule has 80 valence electrons. The fraction of sp³-hybridized carbons (Fsp3) is 0.364. The van der Waals surface area contributed by atoms with E-state index in [1.54, 1.807) is 12.1 Å². The number of amides is 2. The number of para-hydroxylation sites is 1. The highest BCUT2D eigenvalue weighted by Gasteiger charge is 2.18. The van der Waals surface area contributed by atoms with Crippen molar-refractivity contribution in [2.75, 3.05) is 18.4 Å². The molecule has 0 bridgehead atoms. The van der Waals surface area contributed by atoms with E-state index in [1.165, 1.54) is 0 Å². The van der Waals surface area contributed by atoms with E-state index in [-0.39, 0.29) is 6.03 Å². The van der Waals surface area contributed by atoms with Crippen LogP contribution < -0.4 is 5.32 Å². The summed E-state index contributed by atoms with van der Waals surface area (Å²) in [5, 5.41) is 3.38. The lowest BCUT2D eigenvalue weighted by Gasteiger charge is -2.16. The highest BCUT2D eigenvalue weighted by Crippen LogP contribution is 2.21. The molecule has 1 heterocycles. The van der Waals surface area contributed by atoms with Crippen LogP contribution in [0.1, 0.15) is 12.8 Å². The van der Waals surface area contributed by atoms with Crippen molar-refractivity contribution in [2.24, 2.45) is 0 Å². The molecule has 1 aliphatic heterocycles. The van der Waals surface area contributed by atoms with E-state index in [9.17, 15) is 4.79 Å². The predicted octanol–water partition coefficient (Wildman–Crippen LogP) is 2.97. The Kier molecular flexibility index (Phi) is 3.11. The van der Waals surface area contributed by atoms with Gasteiger partial charge in [-0.15, -0.1) is 0 Å². The molecule has 0 aromatic heterocycles. The Bertz CT molecular complexity index is 361. The zero-order chi connectivity index (χ0) is 10.7. The summed E-state index contributed by atoms with van der Waals surface area (Å²) in [6, 6.07) is 7.21. The number of benzene rings is 1. The molecule has 1 aromatic carbocycles. The van der Waals surface area contributed by atoms with Gasteiger partial charge in [0.1, 0.15) is 0 Å². The average Bonchev–Trinajstić information content (AvgIpc) is 2.74.